The average Bonchev–Trinajstić information content (AvgIpc) is 3.19. The number of aryl methyl sites for hydroxylation is 1. The molecule has 4 aromatic rings. The van der Waals surface area contributed by atoms with Crippen molar-refractivity contribution in [3.63, 3.8) is 0 Å². The first-order chi connectivity index (χ1) is 16.1. The van der Waals surface area contributed by atoms with Gasteiger partial charge in [-0.25, -0.2) is 4.98 Å². The van der Waals surface area contributed by atoms with Gasteiger partial charge in [-0.3, -0.25) is 5.10 Å². The van der Waals surface area contributed by atoms with Crippen LogP contribution in [0.4, 0.5) is 17.5 Å². The number of anilines is 3. The standard InChI is InChI=1S/C27H32N6/c1-4-20-12-14-33(15-13-24(20)21-8-6-5-7-9-21)27-29-19(3)18(2)26(31-27)30-23-10-11-25-22(16-23)17-28-32-25/h5-11,16-17,20,24H,4,12-15H2,1-3H3,(H,28,32)(H,29,30,31). The van der Waals surface area contributed by atoms with Gasteiger partial charge in [-0.2, -0.15) is 10.1 Å². The summed E-state index contributed by atoms with van der Waals surface area (Å²) in [5.74, 6) is 2.97. The summed E-state index contributed by atoms with van der Waals surface area (Å²) in [5, 5.41) is 11.7. The van der Waals surface area contributed by atoms with E-state index in [2.05, 4.69) is 83.6 Å². The number of fused-ring (bicyclic) bond motifs is 1. The lowest BCUT2D eigenvalue weighted by atomic mass is 9.81. The Labute approximate surface area is 195 Å². The third-order valence-corrected chi connectivity index (χ3v) is 7.16. The third kappa shape index (κ3) is 4.42. The Morgan fingerprint density at radius 3 is 2.67 bits per heavy atom. The Hall–Kier alpha value is -3.41. The molecule has 0 spiro atoms. The van der Waals surface area contributed by atoms with Crippen LogP contribution in [0.25, 0.3) is 10.9 Å². The van der Waals surface area contributed by atoms with E-state index in [1.165, 1.54) is 12.0 Å². The summed E-state index contributed by atoms with van der Waals surface area (Å²) in [6.07, 6.45) is 5.32. The van der Waals surface area contributed by atoms with Gasteiger partial charge in [-0.1, -0.05) is 43.7 Å². The molecule has 2 N–H and O–H groups in total. The van der Waals surface area contributed by atoms with E-state index in [1.807, 2.05) is 12.3 Å². The second-order valence-corrected chi connectivity index (χ2v) is 9.13. The van der Waals surface area contributed by atoms with Crippen LogP contribution >= 0.6 is 0 Å². The summed E-state index contributed by atoms with van der Waals surface area (Å²) in [6.45, 7) is 8.44. The van der Waals surface area contributed by atoms with E-state index in [9.17, 15) is 0 Å². The Kier molecular flexibility index (Phi) is 5.99. The lowest BCUT2D eigenvalue weighted by Gasteiger charge is -2.23. The first kappa shape index (κ1) is 21.4. The van der Waals surface area contributed by atoms with E-state index in [4.69, 9.17) is 9.97 Å². The maximum absolute atomic E-state index is 4.99. The number of rotatable bonds is 5. The molecule has 2 atom stereocenters. The average molecular weight is 441 g/mol. The van der Waals surface area contributed by atoms with Crippen molar-refractivity contribution in [2.45, 2.75) is 46.0 Å². The van der Waals surface area contributed by atoms with E-state index in [0.717, 1.165) is 65.5 Å². The zero-order valence-electron chi connectivity index (χ0n) is 19.7. The molecule has 1 saturated heterocycles. The molecule has 0 saturated carbocycles. The van der Waals surface area contributed by atoms with Gasteiger partial charge in [0, 0.05) is 35.4 Å². The highest BCUT2D eigenvalue weighted by atomic mass is 15.3. The van der Waals surface area contributed by atoms with Crippen molar-refractivity contribution in [1.82, 2.24) is 20.2 Å². The summed E-state index contributed by atoms with van der Waals surface area (Å²) in [6, 6.07) is 17.2. The summed E-state index contributed by atoms with van der Waals surface area (Å²) in [4.78, 5) is 12.3. The molecule has 33 heavy (non-hydrogen) atoms. The monoisotopic (exact) mass is 440 g/mol. The van der Waals surface area contributed by atoms with Gasteiger partial charge in [0.25, 0.3) is 0 Å². The van der Waals surface area contributed by atoms with Crippen molar-refractivity contribution in [3.05, 3.63) is 71.5 Å². The fraction of sp³-hybridized carbons (Fsp3) is 0.370. The minimum atomic E-state index is 0.590. The van der Waals surface area contributed by atoms with Crippen molar-refractivity contribution < 1.29 is 0 Å². The highest BCUT2D eigenvalue weighted by molar-refractivity contribution is 5.82. The van der Waals surface area contributed by atoms with Gasteiger partial charge in [0.15, 0.2) is 0 Å². The molecular weight excluding hydrogens is 408 g/mol. The molecule has 1 aliphatic rings. The zero-order valence-corrected chi connectivity index (χ0v) is 19.7. The maximum Gasteiger partial charge on any atom is 0.227 e. The highest BCUT2D eigenvalue weighted by Gasteiger charge is 2.28. The van der Waals surface area contributed by atoms with Gasteiger partial charge in [-0.05, 0) is 62.3 Å². The SMILES string of the molecule is CCC1CCN(c2nc(C)c(C)c(Nc3ccc4[nH]ncc4c3)n2)CCC1c1ccccc1. The van der Waals surface area contributed by atoms with E-state index < -0.39 is 0 Å². The van der Waals surface area contributed by atoms with Crippen molar-refractivity contribution in [2.24, 2.45) is 5.92 Å². The predicted molar refractivity (Wildman–Crippen MR) is 135 cm³/mol. The van der Waals surface area contributed by atoms with Crippen LogP contribution in [0.15, 0.2) is 54.7 Å². The van der Waals surface area contributed by atoms with Crippen LogP contribution in [-0.4, -0.2) is 33.3 Å². The zero-order chi connectivity index (χ0) is 22.8. The molecule has 170 valence electrons. The normalized spacial score (nSPS) is 18.9. The minimum Gasteiger partial charge on any atom is -0.341 e. The molecule has 5 rings (SSSR count). The van der Waals surface area contributed by atoms with Crippen LogP contribution in [0, 0.1) is 19.8 Å². The highest BCUT2D eigenvalue weighted by Crippen LogP contribution is 2.36. The van der Waals surface area contributed by atoms with E-state index in [0.29, 0.717) is 11.8 Å². The second-order valence-electron chi connectivity index (χ2n) is 9.13. The Morgan fingerprint density at radius 1 is 1.03 bits per heavy atom. The second kappa shape index (κ2) is 9.22. The molecule has 6 heteroatoms. The van der Waals surface area contributed by atoms with Gasteiger partial charge < -0.3 is 10.2 Å². The van der Waals surface area contributed by atoms with Gasteiger partial charge >= 0.3 is 0 Å². The number of hydrogen-bond acceptors (Lipinski definition) is 5. The number of nitrogens with zero attached hydrogens (tertiary/aromatic N) is 4. The summed E-state index contributed by atoms with van der Waals surface area (Å²) >= 11 is 0. The molecule has 2 aromatic carbocycles. The van der Waals surface area contributed by atoms with Crippen LogP contribution in [0.5, 0.6) is 0 Å². The molecule has 6 nitrogen and oxygen atoms in total. The molecule has 1 aliphatic heterocycles. The van der Waals surface area contributed by atoms with Gasteiger partial charge in [0.05, 0.1) is 11.7 Å². The molecule has 0 radical (unpaired) electrons. The van der Waals surface area contributed by atoms with Crippen molar-refractivity contribution >= 4 is 28.4 Å². The molecule has 1 fully saturated rings. The lowest BCUT2D eigenvalue weighted by molar-refractivity contribution is 0.398. The number of H-pyrrole nitrogens is 1. The van der Waals surface area contributed by atoms with E-state index in [1.54, 1.807) is 0 Å². The first-order valence-electron chi connectivity index (χ1n) is 12.0. The topological polar surface area (TPSA) is 69.7 Å². The number of nitrogens with one attached hydrogen (secondary N) is 2. The maximum atomic E-state index is 4.99. The first-order valence-corrected chi connectivity index (χ1v) is 12.0. The fourth-order valence-electron chi connectivity index (χ4n) is 5.03. The van der Waals surface area contributed by atoms with E-state index in [-0.39, 0.29) is 0 Å². The molecule has 2 unspecified atom stereocenters. The summed E-state index contributed by atoms with van der Waals surface area (Å²) in [5.41, 5.74) is 5.59. The van der Waals surface area contributed by atoms with Crippen LogP contribution in [0.3, 0.4) is 0 Å². The van der Waals surface area contributed by atoms with Crippen LogP contribution in [-0.2, 0) is 0 Å². The van der Waals surface area contributed by atoms with E-state index >= 15 is 0 Å². The van der Waals surface area contributed by atoms with Gasteiger partial charge in [0.2, 0.25) is 5.95 Å². The third-order valence-electron chi connectivity index (χ3n) is 7.16. The number of hydrogen-bond donors (Lipinski definition) is 2. The van der Waals surface area contributed by atoms with Crippen molar-refractivity contribution in [3.8, 4) is 0 Å². The molecule has 0 amide bonds. The molecule has 0 bridgehead atoms. The van der Waals surface area contributed by atoms with Crippen molar-refractivity contribution in [1.29, 1.82) is 0 Å². The largest absolute Gasteiger partial charge is 0.341 e. The van der Waals surface area contributed by atoms with Crippen molar-refractivity contribution in [2.75, 3.05) is 23.3 Å². The quantitative estimate of drug-likeness (QED) is 0.391. The molecule has 3 heterocycles. The number of aromatic nitrogens is 4. The smallest absolute Gasteiger partial charge is 0.227 e. The van der Waals surface area contributed by atoms with Gasteiger partial charge in [0.1, 0.15) is 5.82 Å². The van der Waals surface area contributed by atoms with Gasteiger partial charge in [-0.15, -0.1) is 0 Å². The Balaban J connectivity index is 1.40. The van der Waals surface area contributed by atoms with Crippen LogP contribution < -0.4 is 10.2 Å². The summed E-state index contributed by atoms with van der Waals surface area (Å²) < 4.78 is 0. The molecule has 2 aromatic heterocycles. The van der Waals surface area contributed by atoms with Crippen LogP contribution in [0.1, 0.15) is 48.9 Å². The molecular formula is C27H32N6. The number of aromatic amines is 1. The fourth-order valence-corrected chi connectivity index (χ4v) is 5.03. The van der Waals surface area contributed by atoms with Crippen LogP contribution in [0.2, 0.25) is 0 Å². The Bertz CT molecular complexity index is 1230. The Morgan fingerprint density at radius 2 is 1.85 bits per heavy atom. The number of benzene rings is 2. The molecule has 0 aliphatic carbocycles. The summed E-state index contributed by atoms with van der Waals surface area (Å²) in [7, 11) is 0. The minimum absolute atomic E-state index is 0.590. The lowest BCUT2D eigenvalue weighted by Crippen LogP contribution is -2.27. The predicted octanol–water partition coefficient (Wildman–Crippen LogP) is 6.12.